The molecule has 0 aromatic rings. The van der Waals surface area contributed by atoms with Crippen LogP contribution in [0.15, 0.2) is 0 Å². The lowest BCUT2D eigenvalue weighted by Gasteiger charge is -2.02. The van der Waals surface area contributed by atoms with Gasteiger partial charge in [-0.1, -0.05) is 15.9 Å². The summed E-state index contributed by atoms with van der Waals surface area (Å²) in [5, 5.41) is 0. The molecular formula is C4H10BrNO2S. The Morgan fingerprint density at radius 1 is 1.67 bits per heavy atom. The third-order valence-electron chi connectivity index (χ3n) is 0.739. The number of halogens is 1. The van der Waals surface area contributed by atoms with Crippen LogP contribution in [0, 0.1) is 0 Å². The highest BCUT2D eigenvalue weighted by Gasteiger charge is 2.08. The molecule has 0 spiro atoms. The molecule has 0 saturated heterocycles. The van der Waals surface area contributed by atoms with Crippen molar-refractivity contribution in [3.63, 3.8) is 0 Å². The third-order valence-corrected chi connectivity index (χ3v) is 2.87. The molecule has 0 aliphatic heterocycles. The van der Waals surface area contributed by atoms with Crippen LogP contribution in [0.1, 0.15) is 0 Å². The van der Waals surface area contributed by atoms with Crippen molar-refractivity contribution in [1.29, 1.82) is 0 Å². The minimum atomic E-state index is -2.86. The van der Waals surface area contributed by atoms with Crippen molar-refractivity contribution in [2.75, 3.05) is 18.6 Å². The summed E-state index contributed by atoms with van der Waals surface area (Å²) in [6.07, 6.45) is 1.19. The van der Waals surface area contributed by atoms with Gasteiger partial charge < -0.3 is 5.73 Å². The standard InChI is InChI=1S/C4H10BrNO2S/c1-9(7,8)3-4(5)2-6/h4H,2-3,6H2,1H3. The van der Waals surface area contributed by atoms with Gasteiger partial charge in [-0.25, -0.2) is 8.42 Å². The summed E-state index contributed by atoms with van der Waals surface area (Å²) >= 11 is 3.11. The first-order chi connectivity index (χ1) is 3.95. The second-order valence-corrected chi connectivity index (χ2v) is 5.41. The molecule has 2 N–H and O–H groups in total. The average Bonchev–Trinajstić information content (AvgIpc) is 1.62. The van der Waals surface area contributed by atoms with Gasteiger partial charge in [-0.05, 0) is 0 Å². The molecule has 0 aromatic heterocycles. The van der Waals surface area contributed by atoms with E-state index < -0.39 is 9.84 Å². The highest BCUT2D eigenvalue weighted by atomic mass is 79.9. The van der Waals surface area contributed by atoms with E-state index in [9.17, 15) is 8.42 Å². The molecule has 0 heterocycles. The first-order valence-electron chi connectivity index (χ1n) is 2.47. The molecule has 5 heteroatoms. The summed E-state index contributed by atoms with van der Waals surface area (Å²) in [6.45, 7) is 0.354. The predicted octanol–water partition coefficient (Wildman–Crippen LogP) is -0.247. The van der Waals surface area contributed by atoms with Crippen molar-refractivity contribution in [3.8, 4) is 0 Å². The molecule has 0 fully saturated rings. The Bertz CT molecular complexity index is 165. The Labute approximate surface area is 63.7 Å². The molecule has 9 heavy (non-hydrogen) atoms. The molecule has 0 aliphatic rings. The van der Waals surface area contributed by atoms with Gasteiger partial charge in [0.2, 0.25) is 0 Å². The summed E-state index contributed by atoms with van der Waals surface area (Å²) in [6, 6.07) is 0. The van der Waals surface area contributed by atoms with Crippen LogP contribution in [0.3, 0.4) is 0 Å². The summed E-state index contributed by atoms with van der Waals surface area (Å²) in [5.74, 6) is 0.115. The highest BCUT2D eigenvalue weighted by Crippen LogP contribution is 1.99. The smallest absolute Gasteiger partial charge is 0.148 e. The second kappa shape index (κ2) is 3.53. The number of hydrogen-bond donors (Lipinski definition) is 1. The van der Waals surface area contributed by atoms with Crippen LogP contribution < -0.4 is 5.73 Å². The first-order valence-corrected chi connectivity index (χ1v) is 5.45. The van der Waals surface area contributed by atoms with Crippen molar-refractivity contribution in [2.45, 2.75) is 4.83 Å². The summed E-state index contributed by atoms with van der Waals surface area (Å²) in [7, 11) is -2.86. The molecule has 0 bridgehead atoms. The largest absolute Gasteiger partial charge is 0.329 e. The lowest BCUT2D eigenvalue weighted by atomic mass is 10.5. The van der Waals surface area contributed by atoms with Crippen molar-refractivity contribution in [2.24, 2.45) is 5.73 Å². The van der Waals surface area contributed by atoms with Gasteiger partial charge in [0.25, 0.3) is 0 Å². The molecule has 0 rings (SSSR count). The van der Waals surface area contributed by atoms with E-state index in [1.165, 1.54) is 6.26 Å². The average molecular weight is 216 g/mol. The SMILES string of the molecule is CS(=O)(=O)CC(Br)CN. The van der Waals surface area contributed by atoms with Gasteiger partial charge in [-0.3, -0.25) is 0 Å². The monoisotopic (exact) mass is 215 g/mol. The fraction of sp³-hybridized carbons (Fsp3) is 1.00. The first kappa shape index (κ1) is 9.39. The van der Waals surface area contributed by atoms with Crippen molar-refractivity contribution < 1.29 is 8.42 Å². The Balaban J connectivity index is 3.75. The van der Waals surface area contributed by atoms with Gasteiger partial charge in [-0.15, -0.1) is 0 Å². The maximum Gasteiger partial charge on any atom is 0.148 e. The molecule has 0 radical (unpaired) electrons. The van der Waals surface area contributed by atoms with Crippen LogP contribution in [-0.4, -0.2) is 31.8 Å². The Kier molecular flexibility index (Phi) is 3.68. The van der Waals surface area contributed by atoms with E-state index in [0.29, 0.717) is 6.54 Å². The summed E-state index contributed by atoms with van der Waals surface area (Å²) in [4.78, 5) is -0.104. The second-order valence-electron chi connectivity index (χ2n) is 1.93. The topological polar surface area (TPSA) is 60.2 Å². The molecule has 0 aromatic carbocycles. The molecule has 56 valence electrons. The van der Waals surface area contributed by atoms with Gasteiger partial charge >= 0.3 is 0 Å². The van der Waals surface area contributed by atoms with Crippen molar-refractivity contribution in [3.05, 3.63) is 0 Å². The maximum absolute atomic E-state index is 10.5. The van der Waals surface area contributed by atoms with Gasteiger partial charge in [0.15, 0.2) is 0 Å². The van der Waals surface area contributed by atoms with E-state index in [4.69, 9.17) is 5.73 Å². The van der Waals surface area contributed by atoms with E-state index >= 15 is 0 Å². The van der Waals surface area contributed by atoms with E-state index in [0.717, 1.165) is 0 Å². The van der Waals surface area contributed by atoms with E-state index in [1.807, 2.05) is 0 Å². The number of rotatable bonds is 3. The normalized spacial score (nSPS) is 15.4. The van der Waals surface area contributed by atoms with Crippen LogP contribution in [0.25, 0.3) is 0 Å². The van der Waals surface area contributed by atoms with Gasteiger partial charge in [0, 0.05) is 17.6 Å². The summed E-state index contributed by atoms with van der Waals surface area (Å²) < 4.78 is 21.0. The van der Waals surface area contributed by atoms with Crippen LogP contribution in [0.4, 0.5) is 0 Å². The molecule has 3 nitrogen and oxygen atoms in total. The molecule has 1 atom stereocenters. The van der Waals surface area contributed by atoms with Gasteiger partial charge in [-0.2, -0.15) is 0 Å². The zero-order valence-corrected chi connectivity index (χ0v) is 7.57. The number of alkyl halides is 1. The Morgan fingerprint density at radius 2 is 2.11 bits per heavy atom. The minimum absolute atomic E-state index is 0.104. The molecular weight excluding hydrogens is 206 g/mol. The lowest BCUT2D eigenvalue weighted by Crippen LogP contribution is -2.22. The lowest BCUT2D eigenvalue weighted by molar-refractivity contribution is 0.600. The number of sulfone groups is 1. The zero-order valence-electron chi connectivity index (χ0n) is 5.17. The Hall–Kier alpha value is 0.390. The van der Waals surface area contributed by atoms with Crippen LogP contribution >= 0.6 is 15.9 Å². The van der Waals surface area contributed by atoms with Crippen LogP contribution in [0.5, 0.6) is 0 Å². The van der Waals surface area contributed by atoms with E-state index in [2.05, 4.69) is 15.9 Å². The summed E-state index contributed by atoms with van der Waals surface area (Å²) in [5.41, 5.74) is 5.17. The fourth-order valence-electron chi connectivity index (χ4n) is 0.397. The maximum atomic E-state index is 10.5. The highest BCUT2D eigenvalue weighted by molar-refractivity contribution is 9.09. The zero-order chi connectivity index (χ0) is 7.49. The third kappa shape index (κ3) is 6.27. The number of nitrogens with two attached hydrogens (primary N) is 1. The molecule has 0 amide bonds. The van der Waals surface area contributed by atoms with E-state index in [-0.39, 0.29) is 10.6 Å². The van der Waals surface area contributed by atoms with E-state index in [1.54, 1.807) is 0 Å². The number of hydrogen-bond acceptors (Lipinski definition) is 3. The van der Waals surface area contributed by atoms with Crippen molar-refractivity contribution >= 4 is 25.8 Å². The molecule has 1 unspecified atom stereocenters. The fourth-order valence-corrected chi connectivity index (χ4v) is 2.63. The predicted molar refractivity (Wildman–Crippen MR) is 41.5 cm³/mol. The van der Waals surface area contributed by atoms with Crippen molar-refractivity contribution in [1.82, 2.24) is 0 Å². The van der Waals surface area contributed by atoms with Gasteiger partial charge in [0.05, 0.1) is 5.75 Å². The van der Waals surface area contributed by atoms with Crippen LogP contribution in [0.2, 0.25) is 0 Å². The quantitative estimate of drug-likeness (QED) is 0.662. The molecule has 0 saturated carbocycles. The van der Waals surface area contributed by atoms with Crippen LogP contribution in [-0.2, 0) is 9.84 Å². The minimum Gasteiger partial charge on any atom is -0.329 e. The molecule has 0 aliphatic carbocycles. The van der Waals surface area contributed by atoms with Gasteiger partial charge in [0.1, 0.15) is 9.84 Å². The Morgan fingerprint density at radius 3 is 2.22 bits per heavy atom.